The van der Waals surface area contributed by atoms with Crippen LogP contribution < -0.4 is 5.32 Å². The van der Waals surface area contributed by atoms with Gasteiger partial charge >= 0.3 is 0 Å². The number of hydrogen-bond acceptors (Lipinski definition) is 3. The van der Waals surface area contributed by atoms with Crippen molar-refractivity contribution in [2.24, 2.45) is 7.05 Å². The number of hydrogen-bond donors (Lipinski definition) is 1. The second-order valence-electron chi connectivity index (χ2n) is 5.52. The van der Waals surface area contributed by atoms with Gasteiger partial charge in [0, 0.05) is 37.5 Å². The predicted octanol–water partition coefficient (Wildman–Crippen LogP) is 2.87. The van der Waals surface area contributed by atoms with Crippen molar-refractivity contribution in [3.05, 3.63) is 35.9 Å². The molecule has 1 atom stereocenters. The van der Waals surface area contributed by atoms with Crippen molar-refractivity contribution in [2.75, 3.05) is 6.54 Å². The standard InChI is InChI=1S/C16H27N5/c1-5-15(6-2)21-9-8-14(19-21)10-16(17-7-3)13-11-18-20(4)12-13/h8-9,11-12,15-17H,5-7,10H2,1-4H3. The maximum absolute atomic E-state index is 4.76. The van der Waals surface area contributed by atoms with Crippen LogP contribution in [-0.2, 0) is 13.5 Å². The molecular formula is C16H27N5. The molecule has 116 valence electrons. The second kappa shape index (κ2) is 7.41. The zero-order valence-corrected chi connectivity index (χ0v) is 13.6. The Balaban J connectivity index is 2.10. The smallest absolute Gasteiger partial charge is 0.0643 e. The van der Waals surface area contributed by atoms with Crippen molar-refractivity contribution >= 4 is 0 Å². The molecule has 0 spiro atoms. The third-order valence-electron chi connectivity index (χ3n) is 3.97. The number of aromatic nitrogens is 4. The summed E-state index contributed by atoms with van der Waals surface area (Å²) < 4.78 is 3.96. The minimum absolute atomic E-state index is 0.272. The van der Waals surface area contributed by atoms with Crippen LogP contribution in [0.15, 0.2) is 24.7 Å². The van der Waals surface area contributed by atoms with E-state index >= 15 is 0 Å². The molecule has 1 unspecified atom stereocenters. The first-order valence-electron chi connectivity index (χ1n) is 7.93. The molecule has 0 amide bonds. The van der Waals surface area contributed by atoms with Crippen LogP contribution in [0.5, 0.6) is 0 Å². The highest BCUT2D eigenvalue weighted by atomic mass is 15.3. The molecule has 2 aromatic rings. The van der Waals surface area contributed by atoms with Crippen molar-refractivity contribution in [3.8, 4) is 0 Å². The first kappa shape index (κ1) is 15.8. The van der Waals surface area contributed by atoms with Gasteiger partial charge in [-0.05, 0) is 25.5 Å². The molecule has 0 saturated carbocycles. The highest BCUT2D eigenvalue weighted by Gasteiger charge is 2.15. The van der Waals surface area contributed by atoms with Crippen molar-refractivity contribution in [1.82, 2.24) is 24.9 Å². The predicted molar refractivity (Wildman–Crippen MR) is 85.2 cm³/mol. The van der Waals surface area contributed by atoms with E-state index in [0.717, 1.165) is 31.5 Å². The van der Waals surface area contributed by atoms with Crippen LogP contribution in [-0.4, -0.2) is 26.1 Å². The molecule has 0 aliphatic heterocycles. The van der Waals surface area contributed by atoms with Crippen LogP contribution in [0.4, 0.5) is 0 Å². The Morgan fingerprint density at radius 3 is 2.57 bits per heavy atom. The van der Waals surface area contributed by atoms with Crippen molar-refractivity contribution in [1.29, 1.82) is 0 Å². The Kier molecular flexibility index (Phi) is 5.56. The van der Waals surface area contributed by atoms with Gasteiger partial charge in [-0.15, -0.1) is 0 Å². The maximum Gasteiger partial charge on any atom is 0.0643 e. The lowest BCUT2D eigenvalue weighted by Crippen LogP contribution is -2.23. The molecular weight excluding hydrogens is 262 g/mol. The summed E-state index contributed by atoms with van der Waals surface area (Å²) in [5, 5.41) is 12.6. The Bertz CT molecular complexity index is 538. The van der Waals surface area contributed by atoms with Crippen LogP contribution in [0.1, 0.15) is 57.0 Å². The summed E-state index contributed by atoms with van der Waals surface area (Å²) in [4.78, 5) is 0. The molecule has 0 fully saturated rings. The fraction of sp³-hybridized carbons (Fsp3) is 0.625. The number of likely N-dealkylation sites (N-methyl/N-ethyl adjacent to an activating group) is 1. The molecule has 21 heavy (non-hydrogen) atoms. The van der Waals surface area contributed by atoms with Gasteiger partial charge in [0.15, 0.2) is 0 Å². The highest BCUT2D eigenvalue weighted by Crippen LogP contribution is 2.19. The lowest BCUT2D eigenvalue weighted by molar-refractivity contribution is 0.422. The number of aryl methyl sites for hydroxylation is 1. The molecule has 0 radical (unpaired) electrons. The molecule has 0 aliphatic carbocycles. The first-order valence-corrected chi connectivity index (χ1v) is 7.93. The van der Waals surface area contributed by atoms with Gasteiger partial charge in [0.25, 0.3) is 0 Å². The lowest BCUT2D eigenvalue weighted by atomic mass is 10.1. The van der Waals surface area contributed by atoms with Crippen molar-refractivity contribution in [3.63, 3.8) is 0 Å². The van der Waals surface area contributed by atoms with Gasteiger partial charge in [-0.1, -0.05) is 20.8 Å². The van der Waals surface area contributed by atoms with Crippen LogP contribution in [0.3, 0.4) is 0 Å². The molecule has 1 N–H and O–H groups in total. The summed E-state index contributed by atoms with van der Waals surface area (Å²) in [6.45, 7) is 7.50. The van der Waals surface area contributed by atoms with Crippen molar-refractivity contribution in [2.45, 2.75) is 52.1 Å². The molecule has 2 heterocycles. The minimum atomic E-state index is 0.272. The zero-order valence-electron chi connectivity index (χ0n) is 13.6. The zero-order chi connectivity index (χ0) is 15.2. The fourth-order valence-electron chi connectivity index (χ4n) is 2.74. The molecule has 0 aliphatic rings. The van der Waals surface area contributed by atoms with Crippen molar-refractivity contribution < 1.29 is 0 Å². The summed E-state index contributed by atoms with van der Waals surface area (Å²) in [6.07, 6.45) is 9.26. The van der Waals surface area contributed by atoms with E-state index in [1.165, 1.54) is 5.56 Å². The monoisotopic (exact) mass is 289 g/mol. The SMILES string of the molecule is CCNC(Cc1ccn(C(CC)CC)n1)c1cnn(C)c1. The normalized spacial score (nSPS) is 13.0. The van der Waals surface area contributed by atoms with Gasteiger partial charge in [0.05, 0.1) is 17.9 Å². The summed E-state index contributed by atoms with van der Waals surface area (Å²) in [5.41, 5.74) is 2.35. The van der Waals surface area contributed by atoms with E-state index in [0.29, 0.717) is 6.04 Å². The van der Waals surface area contributed by atoms with E-state index in [1.54, 1.807) is 0 Å². The van der Waals surface area contributed by atoms with Gasteiger partial charge in [-0.3, -0.25) is 9.36 Å². The van der Waals surface area contributed by atoms with Crippen LogP contribution in [0.25, 0.3) is 0 Å². The van der Waals surface area contributed by atoms with Gasteiger partial charge in [0.2, 0.25) is 0 Å². The third-order valence-corrected chi connectivity index (χ3v) is 3.97. The topological polar surface area (TPSA) is 47.7 Å². The average Bonchev–Trinajstić information content (AvgIpc) is 3.09. The van der Waals surface area contributed by atoms with E-state index in [9.17, 15) is 0 Å². The number of nitrogens with zero attached hydrogens (tertiary/aromatic N) is 4. The van der Waals surface area contributed by atoms with Gasteiger partial charge in [-0.2, -0.15) is 10.2 Å². The summed E-state index contributed by atoms with van der Waals surface area (Å²) in [7, 11) is 1.95. The van der Waals surface area contributed by atoms with Gasteiger partial charge in [-0.25, -0.2) is 0 Å². The van der Waals surface area contributed by atoms with Gasteiger partial charge < -0.3 is 5.32 Å². The van der Waals surface area contributed by atoms with E-state index in [1.807, 2.05) is 17.9 Å². The molecule has 5 heteroatoms. The van der Waals surface area contributed by atoms with E-state index in [-0.39, 0.29) is 6.04 Å². The van der Waals surface area contributed by atoms with Crippen LogP contribution >= 0.6 is 0 Å². The largest absolute Gasteiger partial charge is 0.310 e. The van der Waals surface area contributed by atoms with Crippen LogP contribution in [0.2, 0.25) is 0 Å². The summed E-state index contributed by atoms with van der Waals surface area (Å²) in [6, 6.07) is 2.92. The van der Waals surface area contributed by atoms with E-state index in [2.05, 4.69) is 54.3 Å². The Morgan fingerprint density at radius 1 is 1.24 bits per heavy atom. The quantitative estimate of drug-likeness (QED) is 0.813. The highest BCUT2D eigenvalue weighted by molar-refractivity contribution is 5.14. The van der Waals surface area contributed by atoms with Crippen LogP contribution in [0, 0.1) is 0 Å². The lowest BCUT2D eigenvalue weighted by Gasteiger charge is -2.15. The van der Waals surface area contributed by atoms with E-state index in [4.69, 9.17) is 5.10 Å². The summed E-state index contributed by atoms with van der Waals surface area (Å²) >= 11 is 0. The Labute approximate surface area is 127 Å². The Hall–Kier alpha value is -1.62. The number of rotatable bonds is 8. The average molecular weight is 289 g/mol. The fourth-order valence-corrected chi connectivity index (χ4v) is 2.74. The molecule has 0 bridgehead atoms. The van der Waals surface area contributed by atoms with Gasteiger partial charge in [0.1, 0.15) is 0 Å². The first-order chi connectivity index (χ1) is 10.2. The third kappa shape index (κ3) is 3.94. The minimum Gasteiger partial charge on any atom is -0.310 e. The second-order valence-corrected chi connectivity index (χ2v) is 5.52. The maximum atomic E-state index is 4.76. The molecule has 0 aromatic carbocycles. The molecule has 2 rings (SSSR count). The molecule has 5 nitrogen and oxygen atoms in total. The summed E-state index contributed by atoms with van der Waals surface area (Å²) in [5.74, 6) is 0. The molecule has 2 aromatic heterocycles. The Morgan fingerprint density at radius 2 is 2.00 bits per heavy atom. The number of nitrogens with one attached hydrogen (secondary N) is 1. The molecule has 0 saturated heterocycles. The van der Waals surface area contributed by atoms with E-state index < -0.39 is 0 Å².